The van der Waals surface area contributed by atoms with E-state index in [-0.39, 0.29) is 5.91 Å². The summed E-state index contributed by atoms with van der Waals surface area (Å²) in [5.41, 5.74) is 3.63. The van der Waals surface area contributed by atoms with Crippen LogP contribution in [0.2, 0.25) is 5.02 Å². The van der Waals surface area contributed by atoms with Gasteiger partial charge in [0.15, 0.2) is 6.54 Å². The lowest BCUT2D eigenvalue weighted by Gasteiger charge is -2.23. The van der Waals surface area contributed by atoms with E-state index in [4.69, 9.17) is 16.9 Å². The van der Waals surface area contributed by atoms with Crippen LogP contribution in [0, 0.1) is 11.3 Å². The van der Waals surface area contributed by atoms with Crippen LogP contribution in [0.4, 0.5) is 5.69 Å². The van der Waals surface area contributed by atoms with E-state index in [1.165, 1.54) is 16.0 Å². The van der Waals surface area contributed by atoms with Crippen molar-refractivity contribution in [3.05, 3.63) is 70.8 Å². The molecule has 0 radical (unpaired) electrons. The summed E-state index contributed by atoms with van der Waals surface area (Å²) in [4.78, 5) is 13.5. The molecule has 126 valence electrons. The molecule has 1 unspecified atom stereocenters. The molecule has 0 spiro atoms. The summed E-state index contributed by atoms with van der Waals surface area (Å²) in [6.45, 7) is 2.18. The van der Waals surface area contributed by atoms with Crippen LogP contribution < -0.4 is 10.2 Å². The van der Waals surface area contributed by atoms with Gasteiger partial charge in [0, 0.05) is 12.1 Å². The van der Waals surface area contributed by atoms with E-state index < -0.39 is 0 Å². The molecule has 0 aromatic heterocycles. The maximum atomic E-state index is 12.2. The first-order valence-corrected chi connectivity index (χ1v) is 8.61. The van der Waals surface area contributed by atoms with Crippen molar-refractivity contribution in [3.8, 4) is 6.07 Å². The van der Waals surface area contributed by atoms with Gasteiger partial charge in [0.2, 0.25) is 0 Å². The first-order valence-electron chi connectivity index (χ1n) is 8.23. The van der Waals surface area contributed by atoms with Gasteiger partial charge < -0.3 is 10.2 Å². The fraction of sp³-hybridized carbons (Fsp3) is 0.200. The first kappa shape index (κ1) is 17.2. The molecule has 0 saturated heterocycles. The number of amides is 1. The molecule has 0 saturated carbocycles. The number of nitrogens with zero attached hydrogens (tertiary/aromatic N) is 1. The van der Waals surface area contributed by atoms with E-state index in [0.29, 0.717) is 22.8 Å². The number of carbonyl (C=O) groups is 1. The lowest BCUT2D eigenvalue weighted by molar-refractivity contribution is -0.886. The molecule has 2 N–H and O–H groups in total. The minimum atomic E-state index is -0.0488. The molecular weight excluding hydrogens is 334 g/mol. The molecule has 1 heterocycles. The van der Waals surface area contributed by atoms with Crippen LogP contribution in [0.3, 0.4) is 0 Å². The Bertz CT molecular complexity index is 840. The zero-order chi connectivity index (χ0) is 17.6. The van der Waals surface area contributed by atoms with Gasteiger partial charge in [-0.15, -0.1) is 0 Å². The number of nitrogens with one attached hydrogen (secondary N) is 2. The summed E-state index contributed by atoms with van der Waals surface area (Å²) in [7, 11) is 0. The molecule has 5 heteroatoms. The number of quaternary nitrogens is 1. The second-order valence-electron chi connectivity index (χ2n) is 6.08. The minimum absolute atomic E-state index is 0.0488. The molecule has 2 aromatic rings. The van der Waals surface area contributed by atoms with Gasteiger partial charge in [-0.1, -0.05) is 41.9 Å². The SMILES string of the molecule is N#Cc1ccc(NC(=O)C[NH+]2CC=C(c3ccccc3)CC2)cc1Cl. The average Bonchev–Trinajstić information content (AvgIpc) is 2.63. The molecule has 1 aliphatic rings. The summed E-state index contributed by atoms with van der Waals surface area (Å²) in [6, 6.07) is 17.3. The average molecular weight is 353 g/mol. The summed E-state index contributed by atoms with van der Waals surface area (Å²) >= 11 is 5.99. The van der Waals surface area contributed by atoms with Crippen molar-refractivity contribution in [2.75, 3.05) is 25.0 Å². The third-order valence-corrected chi connectivity index (χ3v) is 4.63. The number of anilines is 1. The minimum Gasteiger partial charge on any atom is -0.324 e. The van der Waals surface area contributed by atoms with Gasteiger partial charge in [-0.05, 0) is 35.4 Å². The van der Waals surface area contributed by atoms with Crippen molar-refractivity contribution in [1.29, 1.82) is 5.26 Å². The van der Waals surface area contributed by atoms with Crippen molar-refractivity contribution in [1.82, 2.24) is 0 Å². The van der Waals surface area contributed by atoms with Gasteiger partial charge in [0.25, 0.3) is 5.91 Å². The highest BCUT2D eigenvalue weighted by atomic mass is 35.5. The number of hydrogen-bond acceptors (Lipinski definition) is 2. The van der Waals surface area contributed by atoms with Gasteiger partial charge in [-0.25, -0.2) is 0 Å². The van der Waals surface area contributed by atoms with Crippen LogP contribution in [-0.4, -0.2) is 25.5 Å². The number of halogens is 1. The number of nitriles is 1. The largest absolute Gasteiger partial charge is 0.324 e. The predicted octanol–water partition coefficient (Wildman–Crippen LogP) is 2.52. The van der Waals surface area contributed by atoms with E-state index in [9.17, 15) is 4.79 Å². The fourth-order valence-electron chi connectivity index (χ4n) is 2.97. The fourth-order valence-corrected chi connectivity index (χ4v) is 3.20. The highest BCUT2D eigenvalue weighted by molar-refractivity contribution is 6.32. The number of rotatable bonds is 4. The van der Waals surface area contributed by atoms with Gasteiger partial charge in [0.1, 0.15) is 6.07 Å². The first-order chi connectivity index (χ1) is 12.2. The van der Waals surface area contributed by atoms with Gasteiger partial charge in [-0.2, -0.15) is 5.26 Å². The summed E-state index contributed by atoms with van der Waals surface area (Å²) < 4.78 is 0. The second kappa shape index (κ2) is 7.98. The Morgan fingerprint density at radius 2 is 2.04 bits per heavy atom. The Labute approximate surface area is 152 Å². The van der Waals surface area contributed by atoms with Crippen LogP contribution in [0.25, 0.3) is 5.57 Å². The standard InChI is InChI=1S/C20H18ClN3O/c21-19-12-18(7-6-17(19)13-22)23-20(25)14-24-10-8-16(9-11-24)15-4-2-1-3-5-15/h1-8,12H,9-11,14H2,(H,23,25)/p+1. The van der Waals surface area contributed by atoms with Crippen molar-refractivity contribution in [3.63, 3.8) is 0 Å². The Kier molecular flexibility index (Phi) is 5.49. The lowest BCUT2D eigenvalue weighted by atomic mass is 10.00. The summed E-state index contributed by atoms with van der Waals surface area (Å²) in [5.74, 6) is -0.0488. The Balaban J connectivity index is 1.55. The van der Waals surface area contributed by atoms with Gasteiger partial charge in [-0.3, -0.25) is 4.79 Å². The monoisotopic (exact) mass is 352 g/mol. The van der Waals surface area contributed by atoms with E-state index in [2.05, 4.69) is 23.5 Å². The maximum Gasteiger partial charge on any atom is 0.279 e. The van der Waals surface area contributed by atoms with E-state index in [0.717, 1.165) is 19.5 Å². The molecule has 2 aromatic carbocycles. The zero-order valence-corrected chi connectivity index (χ0v) is 14.5. The molecule has 1 aliphatic heterocycles. The Morgan fingerprint density at radius 3 is 2.68 bits per heavy atom. The van der Waals surface area contributed by atoms with Crippen LogP contribution >= 0.6 is 11.6 Å². The number of benzene rings is 2. The summed E-state index contributed by atoms with van der Waals surface area (Å²) in [6.07, 6.45) is 3.19. The van der Waals surface area contributed by atoms with Crippen molar-refractivity contribution in [2.24, 2.45) is 0 Å². The number of carbonyl (C=O) groups excluding carboxylic acids is 1. The van der Waals surface area contributed by atoms with Gasteiger partial charge >= 0.3 is 0 Å². The lowest BCUT2D eigenvalue weighted by Crippen LogP contribution is -3.13. The number of hydrogen-bond donors (Lipinski definition) is 2. The molecule has 0 aliphatic carbocycles. The molecule has 3 rings (SSSR count). The second-order valence-corrected chi connectivity index (χ2v) is 6.49. The van der Waals surface area contributed by atoms with Crippen LogP contribution in [0.15, 0.2) is 54.6 Å². The third kappa shape index (κ3) is 4.48. The third-order valence-electron chi connectivity index (χ3n) is 4.31. The van der Waals surface area contributed by atoms with Crippen molar-refractivity contribution in [2.45, 2.75) is 6.42 Å². The Hall–Kier alpha value is -2.61. The molecule has 0 bridgehead atoms. The van der Waals surface area contributed by atoms with Crippen molar-refractivity contribution >= 4 is 28.8 Å². The van der Waals surface area contributed by atoms with Crippen LogP contribution in [-0.2, 0) is 4.79 Å². The quantitative estimate of drug-likeness (QED) is 0.888. The topological polar surface area (TPSA) is 57.3 Å². The molecule has 25 heavy (non-hydrogen) atoms. The van der Waals surface area contributed by atoms with Crippen LogP contribution in [0.5, 0.6) is 0 Å². The smallest absolute Gasteiger partial charge is 0.279 e. The Morgan fingerprint density at radius 1 is 1.24 bits per heavy atom. The van der Waals surface area contributed by atoms with Gasteiger partial charge in [0.05, 0.1) is 23.7 Å². The van der Waals surface area contributed by atoms with E-state index in [1.54, 1.807) is 18.2 Å². The van der Waals surface area contributed by atoms with Crippen LogP contribution in [0.1, 0.15) is 17.5 Å². The predicted molar refractivity (Wildman–Crippen MR) is 99.4 cm³/mol. The normalized spacial score (nSPS) is 16.6. The highest BCUT2D eigenvalue weighted by Gasteiger charge is 2.19. The molecule has 1 amide bonds. The zero-order valence-electron chi connectivity index (χ0n) is 13.8. The molecule has 0 fully saturated rings. The van der Waals surface area contributed by atoms with Crippen molar-refractivity contribution < 1.29 is 9.69 Å². The molecule has 4 nitrogen and oxygen atoms in total. The highest BCUT2D eigenvalue weighted by Crippen LogP contribution is 2.20. The molecular formula is C20H19ClN3O+. The van der Waals surface area contributed by atoms with E-state index >= 15 is 0 Å². The molecule has 1 atom stereocenters. The van der Waals surface area contributed by atoms with E-state index in [1.807, 2.05) is 24.3 Å². The maximum absolute atomic E-state index is 12.2. The summed E-state index contributed by atoms with van der Waals surface area (Å²) in [5, 5.41) is 12.1.